The Balaban J connectivity index is 1.34. The van der Waals surface area contributed by atoms with E-state index in [0.717, 1.165) is 31.0 Å². The summed E-state index contributed by atoms with van der Waals surface area (Å²) >= 11 is 0. The molecule has 5 nitrogen and oxygen atoms in total. The van der Waals surface area contributed by atoms with Crippen molar-refractivity contribution in [1.29, 1.82) is 0 Å². The number of anilines is 3. The lowest BCUT2D eigenvalue weighted by Gasteiger charge is -2.14. The number of hydrogen-bond donors (Lipinski definition) is 2. The number of likely N-dealkylation sites (tertiary alicyclic amines) is 1. The summed E-state index contributed by atoms with van der Waals surface area (Å²) in [5.41, 5.74) is 3.34. The molecule has 0 spiro atoms. The molecule has 0 saturated carbocycles. The molecular formula is C23H27N5. The van der Waals surface area contributed by atoms with E-state index in [2.05, 4.69) is 61.9 Å². The molecule has 4 rings (SSSR count). The van der Waals surface area contributed by atoms with Crippen molar-refractivity contribution in [2.45, 2.75) is 19.3 Å². The van der Waals surface area contributed by atoms with Crippen LogP contribution in [-0.4, -0.2) is 41.0 Å². The third-order valence-electron chi connectivity index (χ3n) is 5.04. The van der Waals surface area contributed by atoms with E-state index in [0.29, 0.717) is 5.95 Å². The first-order valence-electron chi connectivity index (χ1n) is 10.1. The van der Waals surface area contributed by atoms with E-state index in [1.165, 1.54) is 37.1 Å². The molecule has 0 unspecified atom stereocenters. The van der Waals surface area contributed by atoms with E-state index in [-0.39, 0.29) is 0 Å². The van der Waals surface area contributed by atoms with Gasteiger partial charge in [0.1, 0.15) is 5.82 Å². The predicted octanol–water partition coefficient (Wildman–Crippen LogP) is 4.79. The van der Waals surface area contributed by atoms with Crippen LogP contribution in [0, 0.1) is 0 Å². The minimum absolute atomic E-state index is 0.606. The van der Waals surface area contributed by atoms with Gasteiger partial charge in [-0.25, -0.2) is 4.98 Å². The second kappa shape index (κ2) is 9.33. The van der Waals surface area contributed by atoms with Crippen LogP contribution < -0.4 is 10.6 Å². The van der Waals surface area contributed by atoms with Crippen LogP contribution in [0.1, 0.15) is 19.3 Å². The van der Waals surface area contributed by atoms with Gasteiger partial charge in [0, 0.05) is 18.4 Å². The first-order chi connectivity index (χ1) is 13.9. The zero-order chi connectivity index (χ0) is 19.0. The number of hydrogen-bond acceptors (Lipinski definition) is 5. The van der Waals surface area contributed by atoms with E-state index in [1.54, 1.807) is 6.20 Å². The van der Waals surface area contributed by atoms with Crippen molar-refractivity contribution in [3.63, 3.8) is 0 Å². The molecule has 0 radical (unpaired) electrons. The lowest BCUT2D eigenvalue weighted by Crippen LogP contribution is -2.22. The number of nitrogens with zero attached hydrogens (tertiary/aromatic N) is 3. The Hall–Kier alpha value is -2.92. The summed E-state index contributed by atoms with van der Waals surface area (Å²) in [6.45, 7) is 4.60. The Morgan fingerprint density at radius 3 is 2.57 bits per heavy atom. The predicted molar refractivity (Wildman–Crippen MR) is 116 cm³/mol. The normalized spacial score (nSPS) is 14.1. The smallest absolute Gasteiger partial charge is 0.229 e. The number of benzene rings is 2. The monoisotopic (exact) mass is 373 g/mol. The number of nitrogens with one attached hydrogen (secondary N) is 2. The van der Waals surface area contributed by atoms with E-state index >= 15 is 0 Å². The Bertz CT molecular complexity index is 875. The third-order valence-corrected chi connectivity index (χ3v) is 5.04. The molecule has 1 aliphatic heterocycles. The molecule has 144 valence electrons. The average Bonchev–Trinajstić information content (AvgIpc) is 3.26. The molecule has 2 N–H and O–H groups in total. The standard InChI is InChI=1S/C23H27N5/c1-2-8-19(9-3-1)20-10-6-11-21(18-20)26-23-25-14-12-22(27-23)24-13-7-17-28-15-4-5-16-28/h1-3,6,8-12,14,18H,4-5,7,13,15-17H2,(H2,24,25,26,27). The maximum absolute atomic E-state index is 4.59. The molecule has 28 heavy (non-hydrogen) atoms. The van der Waals surface area contributed by atoms with Crippen LogP contribution in [0.5, 0.6) is 0 Å². The van der Waals surface area contributed by atoms with Gasteiger partial charge in [0.2, 0.25) is 5.95 Å². The highest BCUT2D eigenvalue weighted by Gasteiger charge is 2.10. The topological polar surface area (TPSA) is 53.1 Å². The van der Waals surface area contributed by atoms with Crippen LogP contribution >= 0.6 is 0 Å². The summed E-state index contributed by atoms with van der Waals surface area (Å²) in [5.74, 6) is 1.47. The fourth-order valence-electron chi connectivity index (χ4n) is 3.58. The number of rotatable bonds is 8. The largest absolute Gasteiger partial charge is 0.370 e. The molecule has 1 aromatic heterocycles. The Morgan fingerprint density at radius 1 is 0.893 bits per heavy atom. The highest BCUT2D eigenvalue weighted by atomic mass is 15.2. The quantitative estimate of drug-likeness (QED) is 0.556. The molecule has 0 amide bonds. The molecule has 0 bridgehead atoms. The van der Waals surface area contributed by atoms with Crippen molar-refractivity contribution in [3.8, 4) is 11.1 Å². The van der Waals surface area contributed by atoms with E-state index < -0.39 is 0 Å². The van der Waals surface area contributed by atoms with E-state index in [4.69, 9.17) is 0 Å². The first kappa shape index (κ1) is 18.4. The van der Waals surface area contributed by atoms with Crippen LogP contribution in [-0.2, 0) is 0 Å². The number of aromatic nitrogens is 2. The van der Waals surface area contributed by atoms with Gasteiger partial charge in [0.05, 0.1) is 0 Å². The summed E-state index contributed by atoms with van der Waals surface area (Å²) in [5, 5.41) is 6.73. The molecule has 0 aliphatic carbocycles. The fraction of sp³-hybridized carbons (Fsp3) is 0.304. The second-order valence-corrected chi connectivity index (χ2v) is 7.17. The van der Waals surface area contributed by atoms with Gasteiger partial charge in [-0.2, -0.15) is 4.98 Å². The van der Waals surface area contributed by atoms with E-state index in [9.17, 15) is 0 Å². The summed E-state index contributed by atoms with van der Waals surface area (Å²) in [6, 6.07) is 20.6. The van der Waals surface area contributed by atoms with E-state index in [1.807, 2.05) is 24.3 Å². The van der Waals surface area contributed by atoms with Gasteiger partial charge >= 0.3 is 0 Å². The van der Waals surface area contributed by atoms with Crippen molar-refractivity contribution >= 4 is 17.5 Å². The maximum atomic E-state index is 4.59. The van der Waals surface area contributed by atoms with Crippen LogP contribution in [0.15, 0.2) is 66.9 Å². The van der Waals surface area contributed by atoms with Crippen LogP contribution in [0.3, 0.4) is 0 Å². The molecule has 1 fully saturated rings. The van der Waals surface area contributed by atoms with Gasteiger partial charge in [0.15, 0.2) is 0 Å². The zero-order valence-electron chi connectivity index (χ0n) is 16.1. The molecule has 2 aromatic carbocycles. The SMILES string of the molecule is c1ccc(-c2cccc(Nc3nccc(NCCCN4CCCC4)n3)c2)cc1. The molecule has 2 heterocycles. The van der Waals surface area contributed by atoms with Gasteiger partial charge in [-0.1, -0.05) is 42.5 Å². The molecule has 5 heteroatoms. The van der Waals surface area contributed by atoms with Gasteiger partial charge in [0.25, 0.3) is 0 Å². The minimum Gasteiger partial charge on any atom is -0.370 e. The molecule has 0 atom stereocenters. The molecule has 1 saturated heterocycles. The van der Waals surface area contributed by atoms with Gasteiger partial charge < -0.3 is 15.5 Å². The van der Waals surface area contributed by atoms with Crippen molar-refractivity contribution in [2.75, 3.05) is 36.8 Å². The van der Waals surface area contributed by atoms with Crippen LogP contribution in [0.25, 0.3) is 11.1 Å². The van der Waals surface area contributed by atoms with Crippen LogP contribution in [0.2, 0.25) is 0 Å². The molecular weight excluding hydrogens is 346 g/mol. The lowest BCUT2D eigenvalue weighted by atomic mass is 10.1. The summed E-state index contributed by atoms with van der Waals surface area (Å²) in [4.78, 5) is 11.5. The Morgan fingerprint density at radius 2 is 1.71 bits per heavy atom. The van der Waals surface area contributed by atoms with Crippen molar-refractivity contribution in [1.82, 2.24) is 14.9 Å². The van der Waals surface area contributed by atoms with Crippen molar-refractivity contribution in [3.05, 3.63) is 66.9 Å². The summed E-state index contributed by atoms with van der Waals surface area (Å²) < 4.78 is 0. The van der Waals surface area contributed by atoms with Gasteiger partial charge in [-0.15, -0.1) is 0 Å². The highest BCUT2D eigenvalue weighted by molar-refractivity contribution is 5.69. The average molecular weight is 374 g/mol. The Labute approximate surface area is 166 Å². The van der Waals surface area contributed by atoms with Crippen molar-refractivity contribution in [2.24, 2.45) is 0 Å². The summed E-state index contributed by atoms with van der Waals surface area (Å²) in [6.07, 6.45) is 5.62. The van der Waals surface area contributed by atoms with Gasteiger partial charge in [-0.3, -0.25) is 0 Å². The second-order valence-electron chi connectivity index (χ2n) is 7.17. The lowest BCUT2D eigenvalue weighted by molar-refractivity contribution is 0.337. The maximum Gasteiger partial charge on any atom is 0.229 e. The third kappa shape index (κ3) is 5.08. The minimum atomic E-state index is 0.606. The van der Waals surface area contributed by atoms with Crippen LogP contribution in [0.4, 0.5) is 17.5 Å². The molecule has 1 aliphatic rings. The molecule has 3 aromatic rings. The van der Waals surface area contributed by atoms with Gasteiger partial charge in [-0.05, 0) is 68.2 Å². The highest BCUT2D eigenvalue weighted by Crippen LogP contribution is 2.23. The zero-order valence-corrected chi connectivity index (χ0v) is 16.1. The fourth-order valence-corrected chi connectivity index (χ4v) is 3.58. The van der Waals surface area contributed by atoms with Crippen molar-refractivity contribution < 1.29 is 0 Å². The first-order valence-corrected chi connectivity index (χ1v) is 10.1. The summed E-state index contributed by atoms with van der Waals surface area (Å²) in [7, 11) is 0. The Kier molecular flexibility index (Phi) is 6.15.